The predicted octanol–water partition coefficient (Wildman–Crippen LogP) is 8.23. The zero-order valence-corrected chi connectivity index (χ0v) is 31.8. The van der Waals surface area contributed by atoms with Crippen LogP contribution in [-0.4, -0.2) is 68.5 Å². The van der Waals surface area contributed by atoms with E-state index in [0.717, 1.165) is 10.8 Å². The van der Waals surface area contributed by atoms with Crippen molar-refractivity contribution < 1.29 is 38.6 Å². The Hall–Kier alpha value is -6.36. The summed E-state index contributed by atoms with van der Waals surface area (Å²) in [6, 6.07) is 17.8. The van der Waals surface area contributed by atoms with Crippen LogP contribution in [0, 0.1) is 0 Å². The van der Waals surface area contributed by atoms with Crippen molar-refractivity contribution >= 4 is 78.6 Å². The van der Waals surface area contributed by atoms with E-state index >= 15 is 0 Å². The van der Waals surface area contributed by atoms with Crippen molar-refractivity contribution in [3.8, 4) is 11.5 Å². The van der Waals surface area contributed by atoms with Crippen LogP contribution in [-0.2, 0) is 16.0 Å². The Kier molecular flexibility index (Phi) is 8.98. The standard InChI is InChI=1S/C45H41N3O8/c1-6-24(7-2)47-41(50)30-17-14-27-28-15-18-32-38-33(44(53)48(43(32)52)25(8-3)9-4)21-35(39(40(28)38)29-16-19-31(42(47)51)37(30)36(27)29)56-26-12-10-23(11-13-26)20-34(45(54)55)46-22(5)49/h10-19,21,24-25,34H,6-9,20H2,1-5H3,(H,46,49)(H,54,55). The smallest absolute Gasteiger partial charge is 0.326 e. The van der Waals surface area contributed by atoms with Gasteiger partial charge in [-0.25, -0.2) is 4.79 Å². The van der Waals surface area contributed by atoms with Crippen LogP contribution in [0.25, 0.3) is 43.1 Å². The summed E-state index contributed by atoms with van der Waals surface area (Å²) in [5.74, 6) is -2.31. The van der Waals surface area contributed by atoms with Crippen LogP contribution in [0.5, 0.6) is 11.5 Å². The maximum absolute atomic E-state index is 14.5. The average Bonchev–Trinajstić information content (AvgIpc) is 3.19. The van der Waals surface area contributed by atoms with Gasteiger partial charge in [-0.1, -0.05) is 58.0 Å². The van der Waals surface area contributed by atoms with Gasteiger partial charge in [-0.2, -0.15) is 0 Å². The van der Waals surface area contributed by atoms with Crippen LogP contribution >= 0.6 is 0 Å². The Labute approximate surface area is 322 Å². The summed E-state index contributed by atoms with van der Waals surface area (Å²) in [6.07, 6.45) is 2.50. The third-order valence-electron chi connectivity index (χ3n) is 11.6. The minimum Gasteiger partial charge on any atom is -0.480 e. The van der Waals surface area contributed by atoms with E-state index in [1.54, 1.807) is 48.5 Å². The number of aliphatic carboxylic acids is 1. The molecule has 0 aromatic heterocycles. The first-order valence-electron chi connectivity index (χ1n) is 19.2. The van der Waals surface area contributed by atoms with Gasteiger partial charge in [-0.15, -0.1) is 0 Å². The molecule has 2 N–H and O–H groups in total. The number of carboxylic acid groups (broad SMARTS) is 1. The SMILES string of the molecule is CCC(CC)N1C(=O)c2ccc3c4ccc5c6c(cc(Oc7ccc(CC(NC(C)=O)C(=O)O)cc7)c(c7ccc(c2c37)C1=O)c64)C(=O)N(C(CC)CC)C5=O. The van der Waals surface area contributed by atoms with E-state index in [0.29, 0.717) is 97.3 Å². The molecule has 11 nitrogen and oxygen atoms in total. The van der Waals surface area contributed by atoms with E-state index in [1.807, 2.05) is 45.9 Å². The summed E-state index contributed by atoms with van der Waals surface area (Å²) in [6.45, 7) is 9.09. The number of imide groups is 2. The Morgan fingerprint density at radius 3 is 1.55 bits per heavy atom. The van der Waals surface area contributed by atoms with Gasteiger partial charge in [-0.3, -0.25) is 33.8 Å². The molecule has 1 unspecified atom stereocenters. The summed E-state index contributed by atoms with van der Waals surface area (Å²) in [7, 11) is 0. The van der Waals surface area contributed by atoms with Crippen molar-refractivity contribution in [2.75, 3.05) is 0 Å². The van der Waals surface area contributed by atoms with Gasteiger partial charge >= 0.3 is 5.97 Å². The maximum atomic E-state index is 14.5. The molecule has 11 heteroatoms. The highest BCUT2D eigenvalue weighted by molar-refractivity contribution is 6.42. The molecule has 8 rings (SSSR count). The fourth-order valence-electron chi connectivity index (χ4n) is 8.92. The fraction of sp³-hybridized carbons (Fsp3) is 0.289. The van der Waals surface area contributed by atoms with Gasteiger partial charge in [0.2, 0.25) is 5.91 Å². The molecule has 0 fully saturated rings. The quantitative estimate of drug-likeness (QED) is 0.0722. The average molecular weight is 752 g/mol. The van der Waals surface area contributed by atoms with E-state index in [9.17, 15) is 33.9 Å². The molecule has 2 aliphatic heterocycles. The topological polar surface area (TPSA) is 150 Å². The molecule has 0 saturated heterocycles. The molecule has 0 aliphatic carbocycles. The lowest BCUT2D eigenvalue weighted by Crippen LogP contribution is -2.46. The molecule has 284 valence electrons. The second-order valence-corrected chi connectivity index (χ2v) is 14.7. The molecule has 0 saturated carbocycles. The summed E-state index contributed by atoms with van der Waals surface area (Å²) in [5, 5.41) is 17.4. The largest absolute Gasteiger partial charge is 0.480 e. The molecule has 56 heavy (non-hydrogen) atoms. The van der Waals surface area contributed by atoms with Gasteiger partial charge in [-0.05, 0) is 89.2 Å². The van der Waals surface area contributed by atoms with Crippen molar-refractivity contribution in [3.63, 3.8) is 0 Å². The minimum absolute atomic E-state index is 0.0522. The first-order chi connectivity index (χ1) is 26.9. The van der Waals surface area contributed by atoms with Gasteiger partial charge in [0.05, 0.1) is 5.56 Å². The van der Waals surface area contributed by atoms with Crippen LogP contribution in [0.4, 0.5) is 0 Å². The Balaban J connectivity index is 1.38. The van der Waals surface area contributed by atoms with Crippen LogP contribution in [0.15, 0.2) is 66.7 Å². The lowest BCUT2D eigenvalue weighted by atomic mass is 9.81. The Morgan fingerprint density at radius 1 is 0.607 bits per heavy atom. The van der Waals surface area contributed by atoms with Crippen molar-refractivity contribution in [1.29, 1.82) is 0 Å². The van der Waals surface area contributed by atoms with Gasteiger partial charge in [0.15, 0.2) is 0 Å². The van der Waals surface area contributed by atoms with E-state index < -0.39 is 23.8 Å². The zero-order chi connectivity index (χ0) is 39.7. The highest BCUT2D eigenvalue weighted by atomic mass is 16.5. The van der Waals surface area contributed by atoms with E-state index in [-0.39, 0.29) is 36.2 Å². The molecule has 0 spiro atoms. The number of benzene rings is 6. The first-order valence-corrected chi connectivity index (χ1v) is 19.2. The van der Waals surface area contributed by atoms with Crippen molar-refractivity contribution in [1.82, 2.24) is 15.1 Å². The number of carboxylic acids is 1. The van der Waals surface area contributed by atoms with Crippen molar-refractivity contribution in [3.05, 3.63) is 94.5 Å². The van der Waals surface area contributed by atoms with Crippen LogP contribution < -0.4 is 10.1 Å². The second-order valence-electron chi connectivity index (χ2n) is 14.7. The van der Waals surface area contributed by atoms with E-state index in [1.165, 1.54) is 16.7 Å². The van der Waals surface area contributed by atoms with Crippen LogP contribution in [0.1, 0.15) is 107 Å². The number of amides is 5. The van der Waals surface area contributed by atoms with Gasteiger partial charge < -0.3 is 15.2 Å². The number of hydrogen-bond donors (Lipinski definition) is 2. The number of carbonyl (C=O) groups excluding carboxylic acids is 5. The van der Waals surface area contributed by atoms with E-state index in [2.05, 4.69) is 5.32 Å². The van der Waals surface area contributed by atoms with Gasteiger partial charge in [0, 0.05) is 63.7 Å². The second kappa shape index (κ2) is 13.7. The van der Waals surface area contributed by atoms with Crippen molar-refractivity contribution in [2.24, 2.45) is 0 Å². The first kappa shape index (κ1) is 36.6. The van der Waals surface area contributed by atoms with Gasteiger partial charge in [0.1, 0.15) is 17.5 Å². The van der Waals surface area contributed by atoms with Crippen molar-refractivity contribution in [2.45, 2.75) is 84.8 Å². The predicted molar refractivity (Wildman–Crippen MR) is 213 cm³/mol. The molecule has 0 bridgehead atoms. The lowest BCUT2D eigenvalue weighted by molar-refractivity contribution is -0.141. The zero-order valence-electron chi connectivity index (χ0n) is 31.8. The number of hydrogen-bond acceptors (Lipinski definition) is 7. The summed E-state index contributed by atoms with van der Waals surface area (Å²) >= 11 is 0. The molecule has 2 aliphatic rings. The molecule has 6 aromatic rings. The molecule has 5 amide bonds. The molecule has 1 atom stereocenters. The normalized spacial score (nSPS) is 14.7. The molecular weight excluding hydrogens is 711 g/mol. The monoisotopic (exact) mass is 751 g/mol. The fourth-order valence-corrected chi connectivity index (χ4v) is 8.92. The highest BCUT2D eigenvalue weighted by Gasteiger charge is 2.40. The molecule has 0 radical (unpaired) electrons. The third kappa shape index (κ3) is 5.39. The number of carbonyl (C=O) groups is 6. The Bertz CT molecular complexity index is 2650. The molecule has 6 aromatic carbocycles. The molecule has 2 heterocycles. The third-order valence-corrected chi connectivity index (χ3v) is 11.6. The van der Waals surface area contributed by atoms with Crippen LogP contribution in [0.2, 0.25) is 0 Å². The Morgan fingerprint density at radius 2 is 1.07 bits per heavy atom. The number of fused-ring (bicyclic) bond motifs is 2. The number of nitrogens with one attached hydrogen (secondary N) is 1. The minimum atomic E-state index is -1.16. The molecular formula is C45H41N3O8. The number of nitrogens with zero attached hydrogens (tertiary/aromatic N) is 2. The summed E-state index contributed by atoms with van der Waals surface area (Å²) in [4.78, 5) is 83.1. The maximum Gasteiger partial charge on any atom is 0.326 e. The number of rotatable bonds is 12. The summed E-state index contributed by atoms with van der Waals surface area (Å²) in [5.41, 5.74) is 2.27. The van der Waals surface area contributed by atoms with Crippen LogP contribution in [0.3, 0.4) is 0 Å². The number of ether oxygens (including phenoxy) is 1. The summed E-state index contributed by atoms with van der Waals surface area (Å²) < 4.78 is 6.68. The highest BCUT2D eigenvalue weighted by Crippen LogP contribution is 2.50. The lowest BCUT2D eigenvalue weighted by Gasteiger charge is -2.35. The van der Waals surface area contributed by atoms with Gasteiger partial charge in [0.25, 0.3) is 23.6 Å². The van der Waals surface area contributed by atoms with E-state index in [4.69, 9.17) is 4.74 Å².